The Balaban J connectivity index is 2.06. The maximum Gasteiger partial charge on any atom is 0.269 e. The van der Waals surface area contributed by atoms with Crippen LogP contribution in [-0.4, -0.2) is 28.7 Å². The van der Waals surface area contributed by atoms with Gasteiger partial charge in [0.15, 0.2) is 0 Å². The van der Waals surface area contributed by atoms with Crippen molar-refractivity contribution in [1.82, 2.24) is 15.5 Å². The fraction of sp³-hybridized carbons (Fsp3) is 0.286. The molecule has 0 saturated heterocycles. The summed E-state index contributed by atoms with van der Waals surface area (Å²) in [5.74, 6) is -0.198. The Labute approximate surface area is 122 Å². The largest absolute Gasteiger partial charge is 0.351 e. The van der Waals surface area contributed by atoms with Gasteiger partial charge in [0.05, 0.1) is 10.7 Å². The molecule has 1 atom stereocenters. The zero-order valence-electron chi connectivity index (χ0n) is 11.2. The lowest BCUT2D eigenvalue weighted by atomic mass is 10.1. The van der Waals surface area contributed by atoms with Crippen molar-refractivity contribution < 1.29 is 4.79 Å². The van der Waals surface area contributed by atoms with Gasteiger partial charge in [0.1, 0.15) is 5.69 Å². The summed E-state index contributed by atoms with van der Waals surface area (Å²) < 4.78 is 0. The molecule has 0 spiro atoms. The number of nitrogens with two attached hydrogens (primary N) is 1. The molecule has 4 N–H and O–H groups in total. The van der Waals surface area contributed by atoms with Gasteiger partial charge in [-0.15, -0.1) is 0 Å². The Morgan fingerprint density at radius 2 is 2.25 bits per heavy atom. The predicted molar refractivity (Wildman–Crippen MR) is 79.6 cm³/mol. The number of H-pyrrole nitrogens is 1. The lowest BCUT2D eigenvalue weighted by molar-refractivity contribution is 0.0948. The molecule has 1 aromatic heterocycles. The van der Waals surface area contributed by atoms with Gasteiger partial charge in [0.25, 0.3) is 5.91 Å². The highest BCUT2D eigenvalue weighted by Crippen LogP contribution is 2.26. The minimum atomic E-state index is -0.198. The predicted octanol–water partition coefficient (Wildman–Crippen LogP) is 2.20. The molecule has 6 heteroatoms. The SMILES string of the molecule is CC(N)CCNC(=O)c1cc(-c2ccccc2Cl)n[nH]1. The van der Waals surface area contributed by atoms with Crippen LogP contribution in [0.3, 0.4) is 0 Å². The van der Waals surface area contributed by atoms with Crippen molar-refractivity contribution >= 4 is 17.5 Å². The summed E-state index contributed by atoms with van der Waals surface area (Å²) in [7, 11) is 0. The second-order valence-electron chi connectivity index (χ2n) is 4.67. The van der Waals surface area contributed by atoms with E-state index in [1.165, 1.54) is 0 Å². The second kappa shape index (κ2) is 6.54. The van der Waals surface area contributed by atoms with Gasteiger partial charge in [-0.05, 0) is 25.5 Å². The van der Waals surface area contributed by atoms with E-state index in [1.807, 2.05) is 25.1 Å². The van der Waals surface area contributed by atoms with Gasteiger partial charge < -0.3 is 11.1 Å². The number of nitrogens with zero attached hydrogens (tertiary/aromatic N) is 1. The van der Waals surface area contributed by atoms with Crippen molar-refractivity contribution in [3.05, 3.63) is 41.0 Å². The first-order valence-electron chi connectivity index (χ1n) is 6.42. The van der Waals surface area contributed by atoms with E-state index < -0.39 is 0 Å². The number of carbonyl (C=O) groups excluding carboxylic acids is 1. The van der Waals surface area contributed by atoms with Crippen molar-refractivity contribution in [2.75, 3.05) is 6.54 Å². The van der Waals surface area contributed by atoms with Crippen LogP contribution >= 0.6 is 11.6 Å². The molecule has 20 heavy (non-hydrogen) atoms. The highest BCUT2D eigenvalue weighted by Gasteiger charge is 2.12. The summed E-state index contributed by atoms with van der Waals surface area (Å²) in [6, 6.07) is 9.11. The number of aromatic amines is 1. The standard InChI is InChI=1S/C14H17ClN4O/c1-9(16)6-7-17-14(20)13-8-12(18-19-13)10-4-2-3-5-11(10)15/h2-5,8-9H,6-7,16H2,1H3,(H,17,20)(H,18,19). The number of rotatable bonds is 5. The Hall–Kier alpha value is -1.85. The summed E-state index contributed by atoms with van der Waals surface area (Å²) in [5.41, 5.74) is 7.47. The molecule has 106 valence electrons. The van der Waals surface area contributed by atoms with Crippen LogP contribution in [0.4, 0.5) is 0 Å². The molecule has 0 fully saturated rings. The maximum atomic E-state index is 11.9. The van der Waals surface area contributed by atoms with E-state index in [2.05, 4.69) is 15.5 Å². The third-order valence-electron chi connectivity index (χ3n) is 2.86. The van der Waals surface area contributed by atoms with E-state index in [1.54, 1.807) is 12.1 Å². The fourth-order valence-electron chi connectivity index (χ4n) is 1.75. The molecular weight excluding hydrogens is 276 g/mol. The smallest absolute Gasteiger partial charge is 0.269 e. The Morgan fingerprint density at radius 3 is 2.95 bits per heavy atom. The van der Waals surface area contributed by atoms with E-state index in [4.69, 9.17) is 17.3 Å². The average Bonchev–Trinajstić information content (AvgIpc) is 2.88. The normalized spacial score (nSPS) is 12.2. The van der Waals surface area contributed by atoms with Crippen LogP contribution in [-0.2, 0) is 0 Å². The fourth-order valence-corrected chi connectivity index (χ4v) is 1.99. The van der Waals surface area contributed by atoms with Crippen LogP contribution < -0.4 is 11.1 Å². The molecule has 1 amide bonds. The van der Waals surface area contributed by atoms with E-state index >= 15 is 0 Å². The molecule has 0 aliphatic heterocycles. The Morgan fingerprint density at radius 1 is 1.50 bits per heavy atom. The molecule has 0 aliphatic carbocycles. The van der Waals surface area contributed by atoms with Gasteiger partial charge in [0, 0.05) is 18.2 Å². The first-order valence-corrected chi connectivity index (χ1v) is 6.80. The number of benzene rings is 1. The Kier molecular flexibility index (Phi) is 4.76. The van der Waals surface area contributed by atoms with Crippen molar-refractivity contribution in [2.24, 2.45) is 5.73 Å². The quantitative estimate of drug-likeness (QED) is 0.790. The average molecular weight is 293 g/mol. The van der Waals surface area contributed by atoms with Gasteiger partial charge in [0.2, 0.25) is 0 Å². The molecule has 5 nitrogen and oxygen atoms in total. The van der Waals surface area contributed by atoms with Gasteiger partial charge in [-0.25, -0.2) is 0 Å². The first-order chi connectivity index (χ1) is 9.58. The lowest BCUT2D eigenvalue weighted by Crippen LogP contribution is -2.29. The summed E-state index contributed by atoms with van der Waals surface area (Å²) in [6.45, 7) is 2.44. The summed E-state index contributed by atoms with van der Waals surface area (Å²) >= 11 is 6.10. The van der Waals surface area contributed by atoms with E-state index in [0.717, 1.165) is 12.0 Å². The molecule has 0 aliphatic rings. The molecular formula is C14H17ClN4O. The highest BCUT2D eigenvalue weighted by atomic mass is 35.5. The molecule has 1 unspecified atom stereocenters. The van der Waals surface area contributed by atoms with E-state index in [0.29, 0.717) is 23.0 Å². The van der Waals surface area contributed by atoms with Crippen molar-refractivity contribution in [1.29, 1.82) is 0 Å². The molecule has 0 saturated carbocycles. The molecule has 1 aromatic carbocycles. The summed E-state index contributed by atoms with van der Waals surface area (Å²) in [4.78, 5) is 11.9. The zero-order valence-corrected chi connectivity index (χ0v) is 11.9. The van der Waals surface area contributed by atoms with Crippen molar-refractivity contribution in [3.63, 3.8) is 0 Å². The lowest BCUT2D eigenvalue weighted by Gasteiger charge is -2.05. The number of halogens is 1. The number of carbonyl (C=O) groups is 1. The van der Waals surface area contributed by atoms with Crippen LogP contribution in [0.2, 0.25) is 5.02 Å². The third kappa shape index (κ3) is 3.59. The minimum Gasteiger partial charge on any atom is -0.351 e. The minimum absolute atomic E-state index is 0.0655. The van der Waals surface area contributed by atoms with Gasteiger partial charge in [-0.1, -0.05) is 29.8 Å². The van der Waals surface area contributed by atoms with Crippen molar-refractivity contribution in [2.45, 2.75) is 19.4 Å². The van der Waals surface area contributed by atoms with Crippen LogP contribution in [0.15, 0.2) is 30.3 Å². The van der Waals surface area contributed by atoms with Crippen LogP contribution in [0.5, 0.6) is 0 Å². The highest BCUT2D eigenvalue weighted by molar-refractivity contribution is 6.33. The van der Waals surface area contributed by atoms with Crippen molar-refractivity contribution in [3.8, 4) is 11.3 Å². The van der Waals surface area contributed by atoms with E-state index in [9.17, 15) is 4.79 Å². The molecule has 0 bridgehead atoms. The molecule has 1 heterocycles. The van der Waals surface area contributed by atoms with Crippen LogP contribution in [0, 0.1) is 0 Å². The van der Waals surface area contributed by atoms with Crippen LogP contribution in [0.1, 0.15) is 23.8 Å². The van der Waals surface area contributed by atoms with Gasteiger partial charge in [-0.2, -0.15) is 5.10 Å². The number of aromatic nitrogens is 2. The number of amides is 1. The number of nitrogens with one attached hydrogen (secondary N) is 2. The second-order valence-corrected chi connectivity index (χ2v) is 5.08. The summed E-state index contributed by atoms with van der Waals surface area (Å²) in [5, 5.41) is 10.2. The molecule has 2 rings (SSSR count). The zero-order chi connectivity index (χ0) is 14.5. The molecule has 0 radical (unpaired) electrons. The van der Waals surface area contributed by atoms with Crippen LogP contribution in [0.25, 0.3) is 11.3 Å². The summed E-state index contributed by atoms with van der Waals surface area (Å²) in [6.07, 6.45) is 0.733. The van der Waals surface area contributed by atoms with Gasteiger partial charge in [-0.3, -0.25) is 9.89 Å². The van der Waals surface area contributed by atoms with E-state index in [-0.39, 0.29) is 11.9 Å². The third-order valence-corrected chi connectivity index (χ3v) is 3.19. The topological polar surface area (TPSA) is 83.8 Å². The first kappa shape index (κ1) is 14.6. The monoisotopic (exact) mass is 292 g/mol. The number of hydrogen-bond acceptors (Lipinski definition) is 3. The Bertz CT molecular complexity index is 594. The maximum absolute atomic E-state index is 11.9. The number of hydrogen-bond donors (Lipinski definition) is 3. The molecule has 2 aromatic rings. The van der Waals surface area contributed by atoms with Gasteiger partial charge >= 0.3 is 0 Å².